The van der Waals surface area contributed by atoms with Gasteiger partial charge in [0.05, 0.1) is 11.0 Å². The molecule has 12 aromatic rings. The van der Waals surface area contributed by atoms with Gasteiger partial charge in [0.1, 0.15) is 0 Å². The lowest BCUT2D eigenvalue weighted by molar-refractivity contribution is 0.660. The maximum atomic E-state index is 2.44. The number of nitrogens with zero attached hydrogens (tertiary/aromatic N) is 2. The fourth-order valence-electron chi connectivity index (χ4n) is 10.8. The molecule has 10 aromatic carbocycles. The van der Waals surface area contributed by atoms with Crippen molar-refractivity contribution in [3.05, 3.63) is 242 Å². The smallest absolute Gasteiger partial charge is 0.0541 e. The third kappa shape index (κ3) is 6.08. The number of rotatable bonds is 7. The summed E-state index contributed by atoms with van der Waals surface area (Å²) >= 11 is 1.87. The van der Waals surface area contributed by atoms with Gasteiger partial charge in [0.25, 0.3) is 0 Å². The average molecular weight is 861 g/mol. The van der Waals surface area contributed by atoms with Crippen LogP contribution in [-0.2, 0) is 5.41 Å². The molecule has 2 aromatic heterocycles. The number of benzene rings is 10. The third-order valence-electron chi connectivity index (χ3n) is 14.0. The van der Waals surface area contributed by atoms with Crippen molar-refractivity contribution in [3.63, 3.8) is 0 Å². The maximum absolute atomic E-state index is 2.44. The van der Waals surface area contributed by atoms with Crippen molar-refractivity contribution in [2.75, 3.05) is 4.90 Å². The highest BCUT2D eigenvalue weighted by Gasteiger charge is 2.35. The quantitative estimate of drug-likeness (QED) is 0.155. The van der Waals surface area contributed by atoms with Gasteiger partial charge in [-0.05, 0) is 128 Å². The molecule has 0 fully saturated rings. The second-order valence-corrected chi connectivity index (χ2v) is 19.2. The predicted molar refractivity (Wildman–Crippen MR) is 282 cm³/mol. The van der Waals surface area contributed by atoms with Gasteiger partial charge in [-0.3, -0.25) is 0 Å². The maximum Gasteiger partial charge on any atom is 0.0541 e. The first-order valence-corrected chi connectivity index (χ1v) is 23.6. The largest absolute Gasteiger partial charge is 0.310 e. The lowest BCUT2D eigenvalue weighted by atomic mass is 9.82. The Morgan fingerprint density at radius 2 is 0.939 bits per heavy atom. The zero-order chi connectivity index (χ0) is 43.9. The molecule has 0 radical (unpaired) electrons. The number of para-hydroxylation sites is 1. The van der Waals surface area contributed by atoms with Gasteiger partial charge < -0.3 is 9.47 Å². The Kier molecular flexibility index (Phi) is 8.78. The summed E-state index contributed by atoms with van der Waals surface area (Å²) in [6.07, 6.45) is 0. The number of fused-ring (bicyclic) bond motifs is 9. The highest BCUT2D eigenvalue weighted by Crippen LogP contribution is 2.51. The van der Waals surface area contributed by atoms with E-state index in [2.05, 4.69) is 254 Å². The Labute approximate surface area is 388 Å². The van der Waals surface area contributed by atoms with E-state index in [1.165, 1.54) is 103 Å². The van der Waals surface area contributed by atoms with Crippen LogP contribution in [0, 0.1) is 0 Å². The molecule has 2 nitrogen and oxygen atoms in total. The molecular formula is C63H44N2S. The van der Waals surface area contributed by atoms with Gasteiger partial charge in [0, 0.05) is 59.1 Å². The Bertz CT molecular complexity index is 3850. The zero-order valence-corrected chi connectivity index (χ0v) is 37.6. The van der Waals surface area contributed by atoms with Gasteiger partial charge in [0.2, 0.25) is 0 Å². The first-order valence-electron chi connectivity index (χ1n) is 22.8. The second kappa shape index (κ2) is 15.1. The van der Waals surface area contributed by atoms with Crippen LogP contribution in [0.5, 0.6) is 0 Å². The summed E-state index contributed by atoms with van der Waals surface area (Å²) in [5, 5.41) is 5.13. The summed E-state index contributed by atoms with van der Waals surface area (Å²) in [7, 11) is 0. The average Bonchev–Trinajstić information content (AvgIpc) is 3.99. The summed E-state index contributed by atoms with van der Waals surface area (Å²) in [6.45, 7) is 4.72. The van der Waals surface area contributed by atoms with Crippen molar-refractivity contribution in [1.82, 2.24) is 4.57 Å². The first-order chi connectivity index (χ1) is 32.5. The van der Waals surface area contributed by atoms with E-state index in [4.69, 9.17) is 0 Å². The monoisotopic (exact) mass is 860 g/mol. The molecule has 0 amide bonds. The number of aromatic nitrogens is 1. The van der Waals surface area contributed by atoms with E-state index >= 15 is 0 Å². The van der Waals surface area contributed by atoms with Crippen LogP contribution < -0.4 is 4.90 Å². The van der Waals surface area contributed by atoms with E-state index in [1.807, 2.05) is 11.3 Å². The zero-order valence-electron chi connectivity index (χ0n) is 36.7. The Balaban J connectivity index is 0.926. The van der Waals surface area contributed by atoms with Crippen molar-refractivity contribution >= 4 is 70.4 Å². The van der Waals surface area contributed by atoms with Gasteiger partial charge in [0.15, 0.2) is 0 Å². The molecule has 0 N–H and O–H groups in total. The summed E-state index contributed by atoms with van der Waals surface area (Å²) in [4.78, 5) is 2.43. The van der Waals surface area contributed by atoms with E-state index < -0.39 is 0 Å². The molecule has 0 unspecified atom stereocenters. The van der Waals surface area contributed by atoms with Crippen LogP contribution in [0.1, 0.15) is 25.0 Å². The fraction of sp³-hybridized carbons (Fsp3) is 0.0476. The third-order valence-corrected chi connectivity index (χ3v) is 15.1. The molecule has 1 aliphatic rings. The highest BCUT2D eigenvalue weighted by atomic mass is 32.1. The molecule has 0 spiro atoms. The van der Waals surface area contributed by atoms with Gasteiger partial charge in [-0.15, -0.1) is 11.3 Å². The standard InChI is InChI=1S/C63H44N2S/c1-63(2)57-24-11-8-21-51(57)52-34-32-47(39-58(52)63)64(45-30-27-42(28-31-45)41-15-4-3-5-16-41)46-18-14-17-43(37-46)49-19-6-7-20-50(49)44-29-36-60-56(38-44)53-22-9-12-25-59(53)65(60)48-33-35-55-54-23-10-13-26-61(54)66-62(55)40-48/h3-40H,1-2H3. The van der Waals surface area contributed by atoms with Gasteiger partial charge in [-0.25, -0.2) is 0 Å². The van der Waals surface area contributed by atoms with Crippen LogP contribution in [0.3, 0.4) is 0 Å². The van der Waals surface area contributed by atoms with Crippen molar-refractivity contribution in [2.45, 2.75) is 19.3 Å². The van der Waals surface area contributed by atoms with E-state index in [-0.39, 0.29) is 5.41 Å². The molecule has 0 saturated carbocycles. The molecule has 0 saturated heterocycles. The lowest BCUT2D eigenvalue weighted by Crippen LogP contribution is -2.16. The van der Waals surface area contributed by atoms with Crippen LogP contribution in [0.4, 0.5) is 17.1 Å². The fourth-order valence-corrected chi connectivity index (χ4v) is 11.9. The summed E-state index contributed by atoms with van der Waals surface area (Å²) in [5.74, 6) is 0. The molecule has 66 heavy (non-hydrogen) atoms. The molecule has 2 heterocycles. The van der Waals surface area contributed by atoms with Crippen LogP contribution in [-0.4, -0.2) is 4.57 Å². The molecular weight excluding hydrogens is 817 g/mol. The highest BCUT2D eigenvalue weighted by molar-refractivity contribution is 7.25. The molecule has 312 valence electrons. The van der Waals surface area contributed by atoms with Crippen LogP contribution in [0.25, 0.3) is 92.2 Å². The molecule has 1 aliphatic carbocycles. The van der Waals surface area contributed by atoms with E-state index in [1.54, 1.807) is 0 Å². The van der Waals surface area contributed by atoms with E-state index in [9.17, 15) is 0 Å². The van der Waals surface area contributed by atoms with Crippen molar-refractivity contribution in [1.29, 1.82) is 0 Å². The number of hydrogen-bond acceptors (Lipinski definition) is 2. The Morgan fingerprint density at radius 3 is 1.77 bits per heavy atom. The number of anilines is 3. The topological polar surface area (TPSA) is 8.17 Å². The number of thiophene rings is 1. The minimum absolute atomic E-state index is 0.119. The first kappa shape index (κ1) is 38.5. The molecule has 0 atom stereocenters. The summed E-state index contributed by atoms with van der Waals surface area (Å²) in [6, 6.07) is 85.1. The van der Waals surface area contributed by atoms with Crippen LogP contribution in [0.2, 0.25) is 0 Å². The summed E-state index contributed by atoms with van der Waals surface area (Å²) < 4.78 is 5.07. The number of hydrogen-bond donors (Lipinski definition) is 0. The second-order valence-electron chi connectivity index (χ2n) is 18.1. The molecule has 0 bridgehead atoms. The molecule has 13 rings (SSSR count). The summed E-state index contributed by atoms with van der Waals surface area (Å²) in [5.41, 5.74) is 19.4. The van der Waals surface area contributed by atoms with Crippen LogP contribution >= 0.6 is 11.3 Å². The Morgan fingerprint density at radius 1 is 0.348 bits per heavy atom. The van der Waals surface area contributed by atoms with E-state index in [0.717, 1.165) is 17.1 Å². The minimum Gasteiger partial charge on any atom is -0.310 e. The van der Waals surface area contributed by atoms with Gasteiger partial charge in [-0.1, -0.05) is 172 Å². The van der Waals surface area contributed by atoms with E-state index in [0.29, 0.717) is 0 Å². The van der Waals surface area contributed by atoms with Crippen molar-refractivity contribution in [3.8, 4) is 50.2 Å². The molecule has 3 heteroatoms. The van der Waals surface area contributed by atoms with Crippen molar-refractivity contribution < 1.29 is 0 Å². The SMILES string of the molecule is CC1(C)c2ccccc2-c2ccc(N(c3ccc(-c4ccccc4)cc3)c3cccc(-c4ccccc4-c4ccc5c(c4)c4ccccc4n5-c4ccc5c(c4)sc4ccccc45)c3)cc21. The van der Waals surface area contributed by atoms with Crippen LogP contribution in [0.15, 0.2) is 231 Å². The van der Waals surface area contributed by atoms with Gasteiger partial charge in [-0.2, -0.15) is 0 Å². The lowest BCUT2D eigenvalue weighted by Gasteiger charge is -2.28. The molecule has 0 aliphatic heterocycles. The Hall–Kier alpha value is -7.98. The normalized spacial score (nSPS) is 12.8. The van der Waals surface area contributed by atoms with Gasteiger partial charge >= 0.3 is 0 Å². The van der Waals surface area contributed by atoms with Crippen molar-refractivity contribution in [2.24, 2.45) is 0 Å². The predicted octanol–water partition coefficient (Wildman–Crippen LogP) is 17.9. The minimum atomic E-state index is -0.119.